The number of H-pyrrole nitrogens is 1. The number of likely N-dealkylation sites (tertiary alicyclic amines) is 1. The third-order valence-corrected chi connectivity index (χ3v) is 24.0. The molecule has 16 N–H and O–H groups in total. The number of aliphatic hydroxyl groups excluding tert-OH is 3. The summed E-state index contributed by atoms with van der Waals surface area (Å²) in [7, 11) is 1.45. The first-order chi connectivity index (χ1) is 49.0. The van der Waals surface area contributed by atoms with E-state index in [1.807, 2.05) is 4.90 Å². The molecule has 1 aromatic carbocycles. The number of nitrogens with zero attached hydrogens (tertiary/aromatic N) is 2. The Hall–Kier alpha value is -7.26. The molecule has 4 unspecified atom stereocenters. The molecule has 4 heterocycles. The number of carbonyl (C=O) groups is 12. The fraction of sp³-hybridized carbons (Fsp3) is 0.718. The zero-order valence-corrected chi connectivity index (χ0v) is 62.5. The molecule has 103 heavy (non-hydrogen) atoms. The highest BCUT2D eigenvalue weighted by Gasteiger charge is 2.46. The van der Waals surface area contributed by atoms with Crippen LogP contribution in [0.15, 0.2) is 17.2 Å². The lowest BCUT2D eigenvalue weighted by Gasteiger charge is -2.36. The van der Waals surface area contributed by atoms with Gasteiger partial charge in [-0.15, -0.1) is 0 Å². The highest BCUT2D eigenvalue weighted by atomic mass is 32.2. The number of aromatic amines is 1. The maximum Gasteiger partial charge on any atom is 0.304 e. The van der Waals surface area contributed by atoms with Gasteiger partial charge in [0.1, 0.15) is 41.7 Å². The zero-order chi connectivity index (χ0) is 75.9. The Bertz CT molecular complexity index is 3270. The summed E-state index contributed by atoms with van der Waals surface area (Å²) in [6.45, 7) is 12.3. The molecule has 3 fully saturated rings. The van der Waals surface area contributed by atoms with Crippen molar-refractivity contribution in [3.8, 4) is 5.75 Å². The van der Waals surface area contributed by atoms with Gasteiger partial charge in [0.05, 0.1) is 44.4 Å². The van der Waals surface area contributed by atoms with Crippen molar-refractivity contribution in [2.24, 2.45) is 52.9 Å². The van der Waals surface area contributed by atoms with E-state index in [0.29, 0.717) is 92.2 Å². The maximum absolute atomic E-state index is 15.5. The van der Waals surface area contributed by atoms with Crippen molar-refractivity contribution >= 4 is 105 Å². The van der Waals surface area contributed by atoms with Crippen LogP contribution in [0.4, 0.5) is 0 Å². The normalized spacial score (nSPS) is 24.6. The molecule has 1 aromatic heterocycles. The number of nitrogens with one attached hydrogen (secondary N) is 8. The first kappa shape index (κ1) is 84.7. The van der Waals surface area contributed by atoms with Gasteiger partial charge in [-0.2, -0.15) is 11.8 Å². The fourth-order valence-electron chi connectivity index (χ4n) is 14.5. The Kier molecular flexibility index (Phi) is 33.6. The van der Waals surface area contributed by atoms with Crippen LogP contribution in [-0.4, -0.2) is 217 Å². The maximum atomic E-state index is 15.5. The fourth-order valence-corrected chi connectivity index (χ4v) is 17.1. The van der Waals surface area contributed by atoms with Gasteiger partial charge in [0.2, 0.25) is 70.0 Å². The van der Waals surface area contributed by atoms with Crippen LogP contribution in [0.2, 0.25) is 0 Å². The van der Waals surface area contributed by atoms with Crippen molar-refractivity contribution in [2.45, 2.75) is 235 Å². The second-order valence-corrected chi connectivity index (χ2v) is 31.1. The molecule has 6 rings (SSSR count). The van der Waals surface area contributed by atoms with E-state index in [2.05, 4.69) is 63.0 Å². The summed E-state index contributed by atoms with van der Waals surface area (Å²) in [6.07, 6.45) is 5.02. The summed E-state index contributed by atoms with van der Waals surface area (Å²) < 4.78 is 21.4. The standard InChI is InChI=1S/C71H112N12O18S2/c1-9-14-42(11-3)39(6)15-13-16-44(29-59(90)91)64(93)74-32-41-17-19-43(20-18-41)70(98)82-27-25-46(26-28-82)102-36-49-55(101-8)23-21-47-48-31-51(63(73)92)78-68(97)61(40(7)54(86)35-84)80-66(95)53-30-45(85)34-83(53)71(99)50(22-24-56(72)87)77-65(94)52(37-103(100)69(48)81-62(47)49)76-58(89)33-75-67(96)60(38(5)10-2)79-57(88)12-4/h21,23,38-46,50-54,60-61,81,84-86H,9-20,22,24-37H2,1-8H3,(H2,72,87)(H2,73,92)(H,74,93)(H,75,96)(H,76,89)(H,77,94)(H,78,97)(H,79,88)(H,80,95)(H,90,91)/t38-,39?,40-,41?,42?,43?,44?,45+,50-,51-,52-,53-,54-,60-,61-,103?/m0/s1. The van der Waals surface area contributed by atoms with Gasteiger partial charge in [0, 0.05) is 108 Å². The molecule has 1 aliphatic carbocycles. The smallest absolute Gasteiger partial charge is 0.304 e. The van der Waals surface area contributed by atoms with E-state index < -0.39 is 182 Å². The quantitative estimate of drug-likeness (QED) is 0.0449. The van der Waals surface area contributed by atoms with E-state index in [-0.39, 0.29) is 64.0 Å². The topological polar surface area (TPSA) is 477 Å². The van der Waals surface area contributed by atoms with Crippen LogP contribution in [0.3, 0.4) is 0 Å². The van der Waals surface area contributed by atoms with E-state index >= 15 is 4.55 Å². The average molecular weight is 1490 g/mol. The molecule has 32 heteroatoms. The van der Waals surface area contributed by atoms with E-state index in [1.165, 1.54) is 14.0 Å². The summed E-state index contributed by atoms with van der Waals surface area (Å²) in [5, 5.41) is 60.2. The number of rotatable bonds is 33. The van der Waals surface area contributed by atoms with Crippen molar-refractivity contribution in [3.63, 3.8) is 0 Å². The molecule has 4 aliphatic rings. The van der Waals surface area contributed by atoms with Crippen LogP contribution >= 0.6 is 11.8 Å². The molecule has 30 nitrogen and oxygen atoms in total. The molecule has 2 saturated heterocycles. The van der Waals surface area contributed by atoms with E-state index in [9.17, 15) is 78.0 Å². The summed E-state index contributed by atoms with van der Waals surface area (Å²) in [5.41, 5.74) is 12.7. The van der Waals surface area contributed by atoms with Crippen LogP contribution in [-0.2, 0) is 80.9 Å². The largest absolute Gasteiger partial charge is 0.610 e. The first-order valence-corrected chi connectivity index (χ1v) is 39.0. The van der Waals surface area contributed by atoms with E-state index in [1.54, 1.807) is 44.7 Å². The van der Waals surface area contributed by atoms with Crippen LogP contribution in [0.25, 0.3) is 10.9 Å². The zero-order valence-electron chi connectivity index (χ0n) is 60.9. The van der Waals surface area contributed by atoms with Gasteiger partial charge in [0.15, 0.2) is 6.04 Å². The molecular weight excluding hydrogens is 1370 g/mol. The number of fused-ring (bicyclic) bond motifs is 4. The van der Waals surface area contributed by atoms with Crippen LogP contribution < -0.4 is 53.4 Å². The lowest BCUT2D eigenvalue weighted by Crippen LogP contribution is -2.61. The monoisotopic (exact) mass is 1480 g/mol. The molecule has 0 radical (unpaired) electrons. The highest BCUT2D eigenvalue weighted by molar-refractivity contribution is 7.99. The third kappa shape index (κ3) is 23.9. The number of aliphatic hydroxyl groups is 3. The minimum atomic E-state index is -2.46. The van der Waals surface area contributed by atoms with Gasteiger partial charge in [-0.05, 0) is 87.2 Å². The molecule has 0 spiro atoms. The number of piperidine rings is 1. The van der Waals surface area contributed by atoms with Gasteiger partial charge in [-0.1, -0.05) is 87.0 Å². The minimum Gasteiger partial charge on any atom is -0.610 e. The number of carbonyl (C=O) groups excluding carboxylic acids is 11. The van der Waals surface area contributed by atoms with Crippen LogP contribution in [0.5, 0.6) is 5.75 Å². The molecule has 14 atom stereocenters. The number of hydrogen-bond acceptors (Lipinski definition) is 18. The van der Waals surface area contributed by atoms with Gasteiger partial charge in [0.25, 0.3) is 0 Å². The number of aliphatic carboxylic acids is 1. The van der Waals surface area contributed by atoms with Crippen molar-refractivity contribution in [2.75, 3.05) is 52.2 Å². The molecular formula is C71H112N12O18S2. The second-order valence-electron chi connectivity index (χ2n) is 28.4. The number of hydrogen-bond donors (Lipinski definition) is 14. The number of primary amides is 2. The number of aromatic nitrogens is 1. The first-order valence-electron chi connectivity index (χ1n) is 36.6. The number of nitrogens with two attached hydrogens (primary N) is 2. The Labute approximate surface area is 610 Å². The van der Waals surface area contributed by atoms with Gasteiger partial charge >= 0.3 is 5.97 Å². The van der Waals surface area contributed by atoms with Crippen LogP contribution in [0, 0.1) is 41.4 Å². The number of amides is 11. The molecule has 1 saturated carbocycles. The van der Waals surface area contributed by atoms with Gasteiger partial charge in [-0.25, -0.2) is 0 Å². The minimum absolute atomic E-state index is 0.0311. The van der Waals surface area contributed by atoms with Crippen molar-refractivity contribution in [1.29, 1.82) is 0 Å². The van der Waals surface area contributed by atoms with Crippen LogP contribution in [0.1, 0.15) is 175 Å². The summed E-state index contributed by atoms with van der Waals surface area (Å²) in [4.78, 5) is 170. The van der Waals surface area contributed by atoms with Gasteiger partial charge < -0.3 is 93.2 Å². The summed E-state index contributed by atoms with van der Waals surface area (Å²) in [5.74, 6) is -11.0. The number of ether oxygens (including phenoxy) is 1. The Morgan fingerprint density at radius 3 is 2.16 bits per heavy atom. The molecule has 11 amide bonds. The number of benzene rings is 1. The highest BCUT2D eigenvalue weighted by Crippen LogP contribution is 2.40. The Balaban J connectivity index is 1.27. The number of carboxylic acid groups (broad SMARTS) is 1. The number of thioether (sulfide) groups is 1. The van der Waals surface area contributed by atoms with E-state index in [4.69, 9.17) is 16.2 Å². The molecule has 3 aliphatic heterocycles. The second kappa shape index (κ2) is 40.9. The molecule has 2 aromatic rings. The SMILES string of the molecule is CCCC(CC)C(C)CCCC(CC(=O)O)C(=O)NCC1CCC(C(=O)N2CCC(SCc3c(OC)ccc4c5c([nH]c34)[S+]([O-])C[C@H](NC(=O)CNC(=O)[C@@H](NC(=O)CC)[C@@H](C)CC)C(=O)N[C@@H](CCC(N)=O)C(=O)N3C[C@H](O)C[C@H]3C(=O)N[C@@H]([C@@H](C)[C@@H](O)CO)C(=O)N[C@H](C(N)=O)C5)CC2)CC1. The van der Waals surface area contributed by atoms with Crippen molar-refractivity contribution < 1.29 is 87.3 Å². The Morgan fingerprint density at radius 1 is 0.845 bits per heavy atom. The van der Waals surface area contributed by atoms with E-state index in [0.717, 1.165) is 49.8 Å². The molecule has 576 valence electrons. The number of carboxylic acids is 1. The summed E-state index contributed by atoms with van der Waals surface area (Å²) in [6, 6.07) is -6.36. The van der Waals surface area contributed by atoms with Crippen molar-refractivity contribution in [1.82, 2.24) is 52.0 Å². The van der Waals surface area contributed by atoms with Gasteiger partial charge in [-0.3, -0.25) is 57.5 Å². The number of methoxy groups -OCH3 is 1. The predicted octanol–water partition coefficient (Wildman–Crippen LogP) is 1.41. The summed E-state index contributed by atoms with van der Waals surface area (Å²) >= 11 is -0.876. The van der Waals surface area contributed by atoms with Crippen molar-refractivity contribution in [3.05, 3.63) is 23.3 Å². The predicted molar refractivity (Wildman–Crippen MR) is 385 cm³/mol. The molecule has 0 bridgehead atoms. The third-order valence-electron chi connectivity index (χ3n) is 21.2. The lowest BCUT2D eigenvalue weighted by molar-refractivity contribution is -0.143. The average Bonchev–Trinajstić information content (AvgIpc) is 1.62. The Morgan fingerprint density at radius 2 is 1.54 bits per heavy atom. The lowest BCUT2D eigenvalue weighted by atomic mass is 9.81.